The molecule has 2 aromatic rings. The van der Waals surface area contributed by atoms with Crippen LogP contribution < -0.4 is 5.32 Å². The molecule has 0 saturated heterocycles. The molecule has 0 aromatic heterocycles. The van der Waals surface area contributed by atoms with Gasteiger partial charge in [0, 0.05) is 18.8 Å². The van der Waals surface area contributed by atoms with Gasteiger partial charge in [-0.05, 0) is 37.8 Å². The topological polar surface area (TPSA) is 49.4 Å². The number of aryl methyl sites for hydroxylation is 2. The highest BCUT2D eigenvalue weighted by molar-refractivity contribution is 7.99. The lowest BCUT2D eigenvalue weighted by Gasteiger charge is -2.30. The summed E-state index contributed by atoms with van der Waals surface area (Å²) in [5.74, 6) is 1.08. The van der Waals surface area contributed by atoms with Crippen LogP contribution in [0.4, 0.5) is 0 Å². The third-order valence-electron chi connectivity index (χ3n) is 4.99. The van der Waals surface area contributed by atoms with E-state index in [-0.39, 0.29) is 11.8 Å². The molecule has 4 nitrogen and oxygen atoms in total. The SMILES string of the molecule is CCCNC(=O)C(CC)N(Cc1ccc(C)cc1)C(=O)CSCc1cccc(C)c1. The Morgan fingerprint density at radius 3 is 2.37 bits per heavy atom. The van der Waals surface area contributed by atoms with Crippen LogP contribution in [0.15, 0.2) is 48.5 Å². The summed E-state index contributed by atoms with van der Waals surface area (Å²) >= 11 is 1.60. The lowest BCUT2D eigenvalue weighted by atomic mass is 10.1. The number of hydrogen-bond donors (Lipinski definition) is 1. The molecule has 0 bridgehead atoms. The molecule has 0 radical (unpaired) electrons. The van der Waals surface area contributed by atoms with Gasteiger partial charge in [0.2, 0.25) is 11.8 Å². The first kappa shape index (κ1) is 24.0. The number of carbonyl (C=O) groups is 2. The second kappa shape index (κ2) is 12.4. The molecule has 0 aliphatic heterocycles. The van der Waals surface area contributed by atoms with Crippen LogP contribution in [0.3, 0.4) is 0 Å². The Hall–Kier alpha value is -2.27. The third kappa shape index (κ3) is 7.52. The van der Waals surface area contributed by atoms with Crippen LogP contribution >= 0.6 is 11.8 Å². The summed E-state index contributed by atoms with van der Waals surface area (Å²) in [5, 5.41) is 2.96. The zero-order chi connectivity index (χ0) is 21.9. The van der Waals surface area contributed by atoms with E-state index in [1.807, 2.05) is 51.1 Å². The number of thioether (sulfide) groups is 1. The average Bonchev–Trinajstić information content (AvgIpc) is 2.73. The molecule has 2 aromatic carbocycles. The Morgan fingerprint density at radius 1 is 1.00 bits per heavy atom. The van der Waals surface area contributed by atoms with Crippen LogP contribution in [-0.4, -0.2) is 35.1 Å². The molecule has 0 aliphatic rings. The smallest absolute Gasteiger partial charge is 0.242 e. The minimum Gasteiger partial charge on any atom is -0.354 e. The summed E-state index contributed by atoms with van der Waals surface area (Å²) < 4.78 is 0. The van der Waals surface area contributed by atoms with Gasteiger partial charge in [0.05, 0.1) is 5.75 Å². The first-order valence-corrected chi connectivity index (χ1v) is 11.9. The zero-order valence-electron chi connectivity index (χ0n) is 18.6. The highest BCUT2D eigenvalue weighted by Crippen LogP contribution is 2.18. The van der Waals surface area contributed by atoms with Gasteiger partial charge in [0.25, 0.3) is 0 Å². The first-order chi connectivity index (χ1) is 14.4. The molecule has 162 valence electrons. The fourth-order valence-electron chi connectivity index (χ4n) is 3.32. The maximum absolute atomic E-state index is 13.2. The van der Waals surface area contributed by atoms with Crippen molar-refractivity contribution in [3.8, 4) is 0 Å². The van der Waals surface area contributed by atoms with Crippen molar-refractivity contribution in [2.75, 3.05) is 12.3 Å². The Bertz CT molecular complexity index is 820. The highest BCUT2D eigenvalue weighted by atomic mass is 32.2. The number of nitrogens with zero attached hydrogens (tertiary/aromatic N) is 1. The van der Waals surface area contributed by atoms with E-state index >= 15 is 0 Å². The Morgan fingerprint density at radius 2 is 1.73 bits per heavy atom. The Kier molecular flexibility index (Phi) is 9.95. The van der Waals surface area contributed by atoms with Crippen molar-refractivity contribution in [1.29, 1.82) is 0 Å². The van der Waals surface area contributed by atoms with Gasteiger partial charge in [0.1, 0.15) is 6.04 Å². The zero-order valence-corrected chi connectivity index (χ0v) is 19.4. The summed E-state index contributed by atoms with van der Waals surface area (Å²) in [5.41, 5.74) is 4.65. The molecule has 2 amide bonds. The number of benzene rings is 2. The molecular formula is C25H34N2O2S. The van der Waals surface area contributed by atoms with Crippen molar-refractivity contribution >= 4 is 23.6 Å². The molecule has 1 unspecified atom stereocenters. The van der Waals surface area contributed by atoms with Crippen molar-refractivity contribution in [3.05, 3.63) is 70.8 Å². The normalized spacial score (nSPS) is 11.7. The van der Waals surface area contributed by atoms with Crippen LogP contribution in [0.1, 0.15) is 48.9 Å². The molecule has 5 heteroatoms. The summed E-state index contributed by atoms with van der Waals surface area (Å²) in [6.45, 7) is 9.18. The van der Waals surface area contributed by atoms with Crippen LogP contribution in [0, 0.1) is 13.8 Å². The summed E-state index contributed by atoms with van der Waals surface area (Å²) in [4.78, 5) is 27.7. The molecular weight excluding hydrogens is 392 g/mol. The van der Waals surface area contributed by atoms with Gasteiger partial charge in [-0.1, -0.05) is 73.5 Å². The number of amides is 2. The van der Waals surface area contributed by atoms with E-state index in [0.29, 0.717) is 25.3 Å². The van der Waals surface area contributed by atoms with Crippen molar-refractivity contribution < 1.29 is 9.59 Å². The summed E-state index contributed by atoms with van der Waals surface area (Å²) in [6.07, 6.45) is 1.47. The second-order valence-electron chi connectivity index (χ2n) is 7.70. The van der Waals surface area contributed by atoms with Gasteiger partial charge < -0.3 is 10.2 Å². The fraction of sp³-hybridized carbons (Fsp3) is 0.440. The van der Waals surface area contributed by atoms with Crippen LogP contribution in [0.5, 0.6) is 0 Å². The lowest BCUT2D eigenvalue weighted by Crippen LogP contribution is -2.49. The van der Waals surface area contributed by atoms with Gasteiger partial charge in [-0.25, -0.2) is 0 Å². The van der Waals surface area contributed by atoms with Crippen LogP contribution in [0.2, 0.25) is 0 Å². The van der Waals surface area contributed by atoms with Gasteiger partial charge in [-0.2, -0.15) is 0 Å². The predicted molar refractivity (Wildman–Crippen MR) is 126 cm³/mol. The standard InChI is InChI=1S/C25H34N2O2S/c1-5-14-26-25(29)23(6-2)27(16-21-12-10-19(3)11-13-21)24(28)18-30-17-22-9-7-8-20(4)15-22/h7-13,15,23H,5-6,14,16-18H2,1-4H3,(H,26,29). The van der Waals surface area contributed by atoms with Crippen LogP contribution in [0.25, 0.3) is 0 Å². The van der Waals surface area contributed by atoms with Crippen molar-refractivity contribution in [2.24, 2.45) is 0 Å². The van der Waals surface area contributed by atoms with Crippen LogP contribution in [-0.2, 0) is 21.9 Å². The van der Waals surface area contributed by atoms with E-state index in [0.717, 1.165) is 17.7 Å². The second-order valence-corrected chi connectivity index (χ2v) is 8.69. The molecule has 0 aliphatic carbocycles. The molecule has 30 heavy (non-hydrogen) atoms. The van der Waals surface area contributed by atoms with E-state index < -0.39 is 6.04 Å². The fourth-order valence-corrected chi connectivity index (χ4v) is 4.17. The molecule has 0 heterocycles. The minimum atomic E-state index is -0.454. The Balaban J connectivity index is 2.10. The molecule has 0 fully saturated rings. The number of nitrogens with one attached hydrogen (secondary N) is 1. The van der Waals surface area contributed by atoms with E-state index in [9.17, 15) is 9.59 Å². The summed E-state index contributed by atoms with van der Waals surface area (Å²) in [7, 11) is 0. The highest BCUT2D eigenvalue weighted by Gasteiger charge is 2.28. The maximum atomic E-state index is 13.2. The van der Waals surface area contributed by atoms with Gasteiger partial charge >= 0.3 is 0 Å². The number of carbonyl (C=O) groups excluding carboxylic acids is 2. The van der Waals surface area contributed by atoms with Gasteiger partial charge in [0.15, 0.2) is 0 Å². The number of hydrogen-bond acceptors (Lipinski definition) is 3. The predicted octanol–water partition coefficient (Wildman–Crippen LogP) is 4.87. The average molecular weight is 427 g/mol. The monoisotopic (exact) mass is 426 g/mol. The first-order valence-electron chi connectivity index (χ1n) is 10.7. The Labute approximate surface area is 185 Å². The molecule has 0 spiro atoms. The summed E-state index contributed by atoms with van der Waals surface area (Å²) in [6, 6.07) is 16.1. The van der Waals surface area contributed by atoms with Crippen molar-refractivity contribution in [2.45, 2.75) is 58.9 Å². The van der Waals surface area contributed by atoms with E-state index in [1.165, 1.54) is 16.7 Å². The third-order valence-corrected chi connectivity index (χ3v) is 5.97. The molecule has 1 atom stereocenters. The lowest BCUT2D eigenvalue weighted by molar-refractivity contribution is -0.139. The maximum Gasteiger partial charge on any atom is 0.242 e. The van der Waals surface area contributed by atoms with Crippen molar-refractivity contribution in [1.82, 2.24) is 10.2 Å². The van der Waals surface area contributed by atoms with E-state index in [1.54, 1.807) is 16.7 Å². The van der Waals surface area contributed by atoms with E-state index in [4.69, 9.17) is 0 Å². The quantitative estimate of drug-likeness (QED) is 0.558. The van der Waals surface area contributed by atoms with Gasteiger partial charge in [-0.3, -0.25) is 9.59 Å². The van der Waals surface area contributed by atoms with Gasteiger partial charge in [-0.15, -0.1) is 11.8 Å². The number of rotatable bonds is 11. The van der Waals surface area contributed by atoms with Crippen molar-refractivity contribution in [3.63, 3.8) is 0 Å². The van der Waals surface area contributed by atoms with E-state index in [2.05, 4.69) is 30.4 Å². The minimum absolute atomic E-state index is 0.00623. The largest absolute Gasteiger partial charge is 0.354 e. The molecule has 2 rings (SSSR count). The molecule has 1 N–H and O–H groups in total. The molecule has 0 saturated carbocycles.